The van der Waals surface area contributed by atoms with Crippen molar-refractivity contribution in [2.45, 2.75) is 39.5 Å². The van der Waals surface area contributed by atoms with Gasteiger partial charge in [0.15, 0.2) is 0 Å². The number of benzene rings is 2. The van der Waals surface area contributed by atoms with E-state index >= 15 is 0 Å². The van der Waals surface area contributed by atoms with Crippen molar-refractivity contribution in [2.75, 3.05) is 0 Å². The summed E-state index contributed by atoms with van der Waals surface area (Å²) in [7, 11) is 0. The molecule has 0 bridgehead atoms. The van der Waals surface area contributed by atoms with Crippen molar-refractivity contribution in [1.82, 2.24) is 0 Å². The number of nitrogens with zero attached hydrogens (tertiary/aromatic N) is 2. The number of rotatable bonds is 8. The van der Waals surface area contributed by atoms with Gasteiger partial charge in [-0.1, -0.05) is 0 Å². The van der Waals surface area contributed by atoms with Gasteiger partial charge in [0.05, 0.1) is 9.85 Å². The van der Waals surface area contributed by atoms with Crippen molar-refractivity contribution in [2.24, 2.45) is 0 Å². The van der Waals surface area contributed by atoms with Crippen LogP contribution in [-0.4, -0.2) is 15.6 Å². The van der Waals surface area contributed by atoms with Gasteiger partial charge in [-0.25, -0.2) is 8.78 Å². The Morgan fingerprint density at radius 2 is 1.18 bits per heavy atom. The molecule has 0 fully saturated rings. The maximum atomic E-state index is 14.0. The zero-order chi connectivity index (χ0) is 21.0. The molecule has 0 heterocycles. The first kappa shape index (κ1) is 21.1. The number of Topliss-reactive ketones (excluding diaryl/α,β-unsaturated/α-hetero) is 1. The summed E-state index contributed by atoms with van der Waals surface area (Å²) in [6, 6.07) is 4.33. The molecule has 0 amide bonds. The number of carbonyl (C=O) groups excluding carboxylic acids is 1. The first-order valence-electron chi connectivity index (χ1n) is 8.48. The lowest BCUT2D eigenvalue weighted by Gasteiger charge is -2.07. The maximum Gasteiger partial charge on any atom is 0.272 e. The summed E-state index contributed by atoms with van der Waals surface area (Å²) in [6.45, 7) is 2.84. The molecule has 2 rings (SSSR count). The smallest absolute Gasteiger partial charge is 0.272 e. The predicted molar refractivity (Wildman–Crippen MR) is 97.2 cm³/mol. The van der Waals surface area contributed by atoms with Crippen molar-refractivity contribution in [3.05, 3.63) is 78.4 Å². The minimum Gasteiger partial charge on any atom is -0.300 e. The van der Waals surface area contributed by atoms with Crippen LogP contribution in [0.1, 0.15) is 35.1 Å². The van der Waals surface area contributed by atoms with E-state index in [9.17, 15) is 33.8 Å². The zero-order valence-electron chi connectivity index (χ0n) is 15.3. The van der Waals surface area contributed by atoms with Gasteiger partial charge in [-0.05, 0) is 49.9 Å². The number of aryl methyl sites for hydroxylation is 4. The van der Waals surface area contributed by atoms with Crippen molar-refractivity contribution in [1.29, 1.82) is 0 Å². The van der Waals surface area contributed by atoms with E-state index in [2.05, 4.69) is 0 Å². The molecule has 0 unspecified atom stereocenters. The normalized spacial score (nSPS) is 10.7. The molecule has 0 aliphatic heterocycles. The van der Waals surface area contributed by atoms with E-state index in [0.717, 1.165) is 24.3 Å². The van der Waals surface area contributed by atoms with Gasteiger partial charge in [0, 0.05) is 36.1 Å². The van der Waals surface area contributed by atoms with Gasteiger partial charge in [-0.15, -0.1) is 0 Å². The summed E-state index contributed by atoms with van der Waals surface area (Å²) in [5.41, 5.74) is 0.0458. The summed E-state index contributed by atoms with van der Waals surface area (Å²) < 4.78 is 27.9. The molecule has 0 aromatic heterocycles. The molecule has 0 N–H and O–H groups in total. The summed E-state index contributed by atoms with van der Waals surface area (Å²) in [5, 5.41) is 21.9. The first-order chi connectivity index (χ1) is 13.1. The van der Waals surface area contributed by atoms with E-state index in [1.807, 2.05) is 0 Å². The molecule has 0 radical (unpaired) electrons. The monoisotopic (exact) mass is 392 g/mol. The van der Waals surface area contributed by atoms with E-state index < -0.39 is 21.5 Å². The average molecular weight is 392 g/mol. The number of carbonyl (C=O) groups is 1. The van der Waals surface area contributed by atoms with E-state index in [-0.39, 0.29) is 65.1 Å². The van der Waals surface area contributed by atoms with Gasteiger partial charge in [0.2, 0.25) is 0 Å². The molecule has 7 nitrogen and oxygen atoms in total. The molecule has 2 aromatic carbocycles. The lowest BCUT2D eigenvalue weighted by atomic mass is 9.99. The van der Waals surface area contributed by atoms with Gasteiger partial charge in [0.25, 0.3) is 11.4 Å². The number of hydrogen-bond acceptors (Lipinski definition) is 5. The summed E-state index contributed by atoms with van der Waals surface area (Å²) in [5.74, 6) is -1.56. The molecule has 0 spiro atoms. The standard InChI is InChI=1S/C19H18F2N2O5/c1-11-7-16(20)13(9-18(11)22(25)26)3-5-15(24)6-4-14-10-19(23(27)28)12(2)8-17(14)21/h7-10H,3-6H2,1-2H3. The van der Waals surface area contributed by atoms with Crippen LogP contribution in [0.15, 0.2) is 24.3 Å². The molecule has 0 saturated carbocycles. The van der Waals surface area contributed by atoms with Gasteiger partial charge in [-0.3, -0.25) is 25.0 Å². The molecule has 0 atom stereocenters. The van der Waals surface area contributed by atoms with Gasteiger partial charge < -0.3 is 0 Å². The maximum absolute atomic E-state index is 14.0. The highest BCUT2D eigenvalue weighted by Gasteiger charge is 2.18. The fourth-order valence-electron chi connectivity index (χ4n) is 2.86. The van der Waals surface area contributed by atoms with Crippen LogP contribution in [-0.2, 0) is 17.6 Å². The Hall–Kier alpha value is -3.23. The minimum absolute atomic E-state index is 0.0255. The van der Waals surface area contributed by atoms with Gasteiger partial charge >= 0.3 is 0 Å². The highest BCUT2D eigenvalue weighted by Crippen LogP contribution is 2.25. The fraction of sp³-hybridized carbons (Fsp3) is 0.316. The number of halogens is 2. The molecule has 0 saturated heterocycles. The number of nitro benzene ring substituents is 2. The Morgan fingerprint density at radius 1 is 0.821 bits per heavy atom. The number of nitro groups is 2. The molecular formula is C19H18F2N2O5. The average Bonchev–Trinajstić information content (AvgIpc) is 2.59. The van der Waals surface area contributed by atoms with Crippen LogP contribution in [0.5, 0.6) is 0 Å². The molecule has 0 aliphatic rings. The number of hydrogen-bond donors (Lipinski definition) is 0. The summed E-state index contributed by atoms with van der Waals surface area (Å²) in [6.07, 6.45) is -0.204. The van der Waals surface area contributed by atoms with E-state index in [0.29, 0.717) is 0 Å². The van der Waals surface area contributed by atoms with Crippen molar-refractivity contribution in [3.8, 4) is 0 Å². The van der Waals surface area contributed by atoms with Crippen LogP contribution < -0.4 is 0 Å². The second-order valence-electron chi connectivity index (χ2n) is 6.51. The Bertz CT molecular complexity index is 884. The van der Waals surface area contributed by atoms with Crippen LogP contribution in [0.25, 0.3) is 0 Å². The third-order valence-electron chi connectivity index (χ3n) is 4.47. The fourth-order valence-corrected chi connectivity index (χ4v) is 2.86. The van der Waals surface area contributed by atoms with E-state index in [4.69, 9.17) is 0 Å². The molecule has 9 heteroatoms. The minimum atomic E-state index is -0.629. The zero-order valence-corrected chi connectivity index (χ0v) is 15.3. The van der Waals surface area contributed by atoms with Crippen LogP contribution >= 0.6 is 0 Å². The van der Waals surface area contributed by atoms with Crippen molar-refractivity contribution >= 4 is 17.2 Å². The van der Waals surface area contributed by atoms with Crippen molar-refractivity contribution in [3.63, 3.8) is 0 Å². The summed E-state index contributed by atoms with van der Waals surface area (Å²) >= 11 is 0. The highest BCUT2D eigenvalue weighted by atomic mass is 19.1. The quantitative estimate of drug-likeness (QED) is 0.485. The van der Waals surface area contributed by atoms with Gasteiger partial charge in [0.1, 0.15) is 17.4 Å². The Balaban J connectivity index is 2.03. The van der Waals surface area contributed by atoms with Gasteiger partial charge in [-0.2, -0.15) is 0 Å². The third-order valence-corrected chi connectivity index (χ3v) is 4.47. The van der Waals surface area contributed by atoms with Crippen LogP contribution in [0.3, 0.4) is 0 Å². The Labute approximate surface area is 159 Å². The molecule has 28 heavy (non-hydrogen) atoms. The third kappa shape index (κ3) is 4.93. The van der Waals surface area contributed by atoms with Crippen molar-refractivity contribution < 1.29 is 23.4 Å². The highest BCUT2D eigenvalue weighted by molar-refractivity contribution is 5.79. The van der Waals surface area contributed by atoms with Crippen LogP contribution in [0.2, 0.25) is 0 Å². The second-order valence-corrected chi connectivity index (χ2v) is 6.51. The van der Waals surface area contributed by atoms with E-state index in [1.165, 1.54) is 13.8 Å². The van der Waals surface area contributed by atoms with E-state index in [1.54, 1.807) is 0 Å². The lowest BCUT2D eigenvalue weighted by molar-refractivity contribution is -0.385. The van der Waals surface area contributed by atoms with Crippen LogP contribution in [0, 0.1) is 45.7 Å². The molecule has 0 aliphatic carbocycles. The second kappa shape index (κ2) is 8.64. The SMILES string of the molecule is Cc1cc(F)c(CCC(=O)CCc2cc([N+](=O)[O-])c(C)cc2F)cc1[N+](=O)[O-]. The summed E-state index contributed by atoms with van der Waals surface area (Å²) in [4.78, 5) is 32.7. The molecule has 148 valence electrons. The lowest BCUT2D eigenvalue weighted by Crippen LogP contribution is -2.06. The molecule has 2 aromatic rings. The first-order valence-corrected chi connectivity index (χ1v) is 8.48. The Kier molecular flexibility index (Phi) is 6.50. The Morgan fingerprint density at radius 3 is 1.50 bits per heavy atom. The van der Waals surface area contributed by atoms with Crippen LogP contribution in [0.4, 0.5) is 20.2 Å². The topological polar surface area (TPSA) is 103 Å². The number of ketones is 1. The predicted octanol–water partition coefficient (Wildman–Crippen LogP) is 4.53. The molecular weight excluding hydrogens is 374 g/mol. The largest absolute Gasteiger partial charge is 0.300 e.